The molecule has 1 unspecified atom stereocenters. The molecule has 0 spiro atoms. The molecule has 0 radical (unpaired) electrons. The second-order valence-corrected chi connectivity index (χ2v) is 10.6. The van der Waals surface area contributed by atoms with Crippen molar-refractivity contribution in [3.63, 3.8) is 0 Å². The summed E-state index contributed by atoms with van der Waals surface area (Å²) in [7, 11) is 0. The van der Waals surface area contributed by atoms with Crippen LogP contribution in [0.5, 0.6) is 0 Å². The highest BCUT2D eigenvalue weighted by atomic mass is 32.2. The van der Waals surface area contributed by atoms with Crippen molar-refractivity contribution in [3.05, 3.63) is 58.3 Å². The fourth-order valence-corrected chi connectivity index (χ4v) is 5.33. The summed E-state index contributed by atoms with van der Waals surface area (Å²) in [4.78, 5) is 24.5. The van der Waals surface area contributed by atoms with Gasteiger partial charge in [0.2, 0.25) is 5.91 Å². The molecule has 3 heterocycles. The van der Waals surface area contributed by atoms with Crippen molar-refractivity contribution in [2.24, 2.45) is 5.92 Å². The standard InChI is InChI=1S/C26H27FN4O4S/c1-2-8-34-9-7-31-21-11-17(5-6-22(21)35-25(31)33)16-3-4-18(20(27)10-16)12-26(15-28)24(36-26)30-23(32)19-13-29-14-19/h3-6,10-11,19,24,29H,2,7-9,12-14H2,1H3,(H,30,32)/t24?,26-/m0/s1. The number of hydrogen-bond donors (Lipinski definition) is 2. The lowest BCUT2D eigenvalue weighted by Crippen LogP contribution is -2.51. The Hall–Kier alpha value is -3.13. The van der Waals surface area contributed by atoms with E-state index in [4.69, 9.17) is 9.15 Å². The molecule has 36 heavy (non-hydrogen) atoms. The molecule has 2 atom stereocenters. The Kier molecular flexibility index (Phi) is 6.88. The Morgan fingerprint density at radius 3 is 2.78 bits per heavy atom. The number of nitriles is 1. The maximum atomic E-state index is 15.1. The van der Waals surface area contributed by atoms with Gasteiger partial charge >= 0.3 is 5.76 Å². The van der Waals surface area contributed by atoms with Gasteiger partial charge in [-0.25, -0.2) is 9.18 Å². The summed E-state index contributed by atoms with van der Waals surface area (Å²) in [5.41, 5.74) is 2.90. The lowest BCUT2D eigenvalue weighted by Gasteiger charge is -2.25. The van der Waals surface area contributed by atoms with Gasteiger partial charge in [-0.1, -0.05) is 25.1 Å². The summed E-state index contributed by atoms with van der Waals surface area (Å²) >= 11 is 1.35. The van der Waals surface area contributed by atoms with Gasteiger partial charge < -0.3 is 19.8 Å². The van der Waals surface area contributed by atoms with Crippen LogP contribution in [0.2, 0.25) is 0 Å². The number of carbonyl (C=O) groups excluding carboxylic acids is 1. The molecule has 2 aromatic carbocycles. The first-order chi connectivity index (χ1) is 17.4. The second-order valence-electron chi connectivity index (χ2n) is 9.16. The molecule has 1 amide bonds. The zero-order chi connectivity index (χ0) is 25.3. The molecule has 188 valence electrons. The summed E-state index contributed by atoms with van der Waals surface area (Å²) in [5.74, 6) is -1.00. The van der Waals surface area contributed by atoms with E-state index in [0.29, 0.717) is 55.1 Å². The van der Waals surface area contributed by atoms with Crippen LogP contribution in [0.4, 0.5) is 4.39 Å². The number of nitrogens with one attached hydrogen (secondary N) is 2. The van der Waals surface area contributed by atoms with Crippen molar-refractivity contribution < 1.29 is 18.3 Å². The highest BCUT2D eigenvalue weighted by molar-refractivity contribution is 8.09. The number of carbonyl (C=O) groups is 1. The fourth-order valence-electron chi connectivity index (χ4n) is 4.31. The summed E-state index contributed by atoms with van der Waals surface area (Å²) in [6, 6.07) is 12.5. The first kappa shape index (κ1) is 24.6. The molecular formula is C26H27FN4O4S. The van der Waals surface area contributed by atoms with Crippen LogP contribution in [-0.2, 0) is 22.5 Å². The predicted molar refractivity (Wildman–Crippen MR) is 135 cm³/mol. The molecule has 1 aromatic heterocycles. The summed E-state index contributed by atoms with van der Waals surface area (Å²) in [5, 5.41) is 15.4. The number of ether oxygens (including phenoxy) is 1. The molecule has 2 aliphatic rings. The van der Waals surface area contributed by atoms with Crippen LogP contribution in [0.15, 0.2) is 45.6 Å². The van der Waals surface area contributed by atoms with Crippen LogP contribution in [0.1, 0.15) is 18.9 Å². The maximum absolute atomic E-state index is 15.1. The van der Waals surface area contributed by atoms with E-state index in [2.05, 4.69) is 16.7 Å². The Bertz CT molecular complexity index is 1390. The smallest absolute Gasteiger partial charge is 0.408 e. The van der Waals surface area contributed by atoms with Crippen LogP contribution in [-0.4, -0.2) is 46.9 Å². The first-order valence-corrected chi connectivity index (χ1v) is 12.9. The highest BCUT2D eigenvalue weighted by Gasteiger charge is 2.58. The van der Waals surface area contributed by atoms with Crippen LogP contribution in [0, 0.1) is 23.1 Å². The van der Waals surface area contributed by atoms with Crippen molar-refractivity contribution in [3.8, 4) is 17.2 Å². The summed E-state index contributed by atoms with van der Waals surface area (Å²) in [6.45, 7) is 4.69. The summed E-state index contributed by atoms with van der Waals surface area (Å²) < 4.78 is 26.6. The number of oxazole rings is 1. The van der Waals surface area contributed by atoms with E-state index in [1.807, 2.05) is 13.0 Å². The van der Waals surface area contributed by atoms with Gasteiger partial charge in [-0.05, 0) is 41.3 Å². The number of thioether (sulfide) groups is 1. The molecule has 0 aliphatic carbocycles. The van der Waals surface area contributed by atoms with E-state index in [0.717, 1.165) is 12.0 Å². The van der Waals surface area contributed by atoms with Gasteiger partial charge in [0, 0.05) is 26.1 Å². The Morgan fingerprint density at radius 1 is 1.31 bits per heavy atom. The number of hydrogen-bond acceptors (Lipinski definition) is 7. The normalized spacial score (nSPS) is 21.2. The van der Waals surface area contributed by atoms with E-state index < -0.39 is 16.3 Å². The largest absolute Gasteiger partial charge is 0.420 e. The van der Waals surface area contributed by atoms with Gasteiger partial charge in [0.05, 0.1) is 30.7 Å². The Morgan fingerprint density at radius 2 is 2.08 bits per heavy atom. The molecule has 8 nitrogen and oxygen atoms in total. The average Bonchev–Trinajstić information content (AvgIpc) is 3.40. The van der Waals surface area contributed by atoms with Gasteiger partial charge in [0.1, 0.15) is 15.9 Å². The van der Waals surface area contributed by atoms with Crippen LogP contribution in [0.25, 0.3) is 22.2 Å². The van der Waals surface area contributed by atoms with Crippen molar-refractivity contribution in [1.29, 1.82) is 5.26 Å². The monoisotopic (exact) mass is 510 g/mol. The predicted octanol–water partition coefficient (Wildman–Crippen LogP) is 3.04. The number of benzene rings is 2. The van der Waals surface area contributed by atoms with Crippen LogP contribution < -0.4 is 16.4 Å². The van der Waals surface area contributed by atoms with E-state index >= 15 is 4.39 Å². The highest BCUT2D eigenvalue weighted by Crippen LogP contribution is 2.54. The number of fused-ring (bicyclic) bond motifs is 1. The number of rotatable bonds is 10. The van der Waals surface area contributed by atoms with Gasteiger partial charge in [-0.15, -0.1) is 11.8 Å². The molecule has 2 fully saturated rings. The first-order valence-electron chi connectivity index (χ1n) is 12.0. The van der Waals surface area contributed by atoms with Crippen molar-refractivity contribution in [1.82, 2.24) is 15.2 Å². The average molecular weight is 511 g/mol. The molecule has 5 rings (SSSR count). The molecule has 2 saturated heterocycles. The molecule has 2 N–H and O–H groups in total. The molecule has 3 aromatic rings. The minimum atomic E-state index is -0.860. The van der Waals surface area contributed by atoms with Gasteiger partial charge in [0.25, 0.3) is 0 Å². The second kappa shape index (κ2) is 10.1. The third-order valence-corrected chi connectivity index (χ3v) is 8.02. The maximum Gasteiger partial charge on any atom is 0.420 e. The van der Waals surface area contributed by atoms with Gasteiger partial charge in [-0.3, -0.25) is 9.36 Å². The number of nitrogens with zero attached hydrogens (tertiary/aromatic N) is 2. The van der Waals surface area contributed by atoms with Crippen molar-refractivity contribution in [2.75, 3.05) is 26.3 Å². The number of aromatic nitrogens is 1. The summed E-state index contributed by atoms with van der Waals surface area (Å²) in [6.07, 6.45) is 1.10. The minimum Gasteiger partial charge on any atom is -0.408 e. The zero-order valence-corrected chi connectivity index (χ0v) is 20.7. The molecule has 0 bridgehead atoms. The number of halogens is 1. The van der Waals surface area contributed by atoms with Crippen LogP contribution >= 0.6 is 11.8 Å². The van der Waals surface area contributed by atoms with Gasteiger partial charge in [0.15, 0.2) is 5.58 Å². The van der Waals surface area contributed by atoms with Crippen LogP contribution in [0.3, 0.4) is 0 Å². The molecule has 2 aliphatic heterocycles. The van der Waals surface area contributed by atoms with E-state index in [1.165, 1.54) is 22.4 Å². The topological polar surface area (TPSA) is 109 Å². The lowest BCUT2D eigenvalue weighted by atomic mass is 9.96. The SMILES string of the molecule is CCCOCCn1c(=O)oc2ccc(-c3ccc(C[C@@]4(C#N)SC4NC(=O)C4CNC4)c(F)c3)cc21. The van der Waals surface area contributed by atoms with Crippen molar-refractivity contribution in [2.45, 2.75) is 36.4 Å². The quantitative estimate of drug-likeness (QED) is 0.319. The molecule has 0 saturated carbocycles. The minimum absolute atomic E-state index is 0.0635. The van der Waals surface area contributed by atoms with E-state index in [1.54, 1.807) is 24.3 Å². The van der Waals surface area contributed by atoms with E-state index in [-0.39, 0.29) is 23.6 Å². The number of amides is 1. The van der Waals surface area contributed by atoms with Crippen molar-refractivity contribution >= 4 is 28.8 Å². The molecule has 10 heteroatoms. The zero-order valence-electron chi connectivity index (χ0n) is 19.9. The lowest BCUT2D eigenvalue weighted by molar-refractivity contribution is -0.126. The third kappa shape index (κ3) is 4.78. The third-order valence-electron chi connectivity index (χ3n) is 6.62. The van der Waals surface area contributed by atoms with Gasteiger partial charge in [-0.2, -0.15) is 5.26 Å². The Labute approximate surface area is 211 Å². The fraction of sp³-hybridized carbons (Fsp3) is 0.423. The Balaban J connectivity index is 1.32. The molecular weight excluding hydrogens is 483 g/mol. The van der Waals surface area contributed by atoms with E-state index in [9.17, 15) is 14.9 Å².